The first-order valence-electron chi connectivity index (χ1n) is 5.75. The van der Waals surface area contributed by atoms with E-state index in [1.54, 1.807) is 13.8 Å². The highest BCUT2D eigenvalue weighted by Crippen LogP contribution is 2.30. The van der Waals surface area contributed by atoms with Crippen LogP contribution >= 0.6 is 0 Å². The summed E-state index contributed by atoms with van der Waals surface area (Å²) in [6, 6.07) is 2.60. The average Bonchev–Trinajstić information content (AvgIpc) is 2.85. The van der Waals surface area contributed by atoms with Crippen LogP contribution in [0, 0.1) is 24.0 Å². The lowest BCUT2D eigenvalue weighted by Crippen LogP contribution is -2.27. The predicted molar refractivity (Wildman–Crippen MR) is 67.0 cm³/mol. The van der Waals surface area contributed by atoms with E-state index in [-0.39, 0.29) is 11.4 Å². The van der Waals surface area contributed by atoms with Crippen molar-refractivity contribution in [2.24, 2.45) is 0 Å². The zero-order valence-corrected chi connectivity index (χ0v) is 11.4. The van der Waals surface area contributed by atoms with Gasteiger partial charge in [0.1, 0.15) is 0 Å². The third kappa shape index (κ3) is 2.46. The molecule has 1 aliphatic rings. The Morgan fingerprint density at radius 1 is 1.32 bits per heavy atom. The highest BCUT2D eigenvalue weighted by atomic mass is 32.2. The standard InChI is InChI=1S/C11H14N2O5S/c1-8-6-10(13(14)15)11(7-9(8)2)19(16,17)12-4-3-5-18-12/h6-7H,3-5H2,1-2H3. The maximum Gasteiger partial charge on any atom is 0.289 e. The molecule has 0 aliphatic carbocycles. The van der Waals surface area contributed by atoms with Gasteiger partial charge in [-0.2, -0.15) is 0 Å². The normalized spacial score (nSPS) is 16.7. The molecule has 7 nitrogen and oxygen atoms in total. The number of sulfonamides is 1. The first kappa shape index (κ1) is 13.9. The predicted octanol–water partition coefficient (Wildman–Crippen LogP) is 1.54. The van der Waals surface area contributed by atoms with Crippen molar-refractivity contribution in [3.63, 3.8) is 0 Å². The van der Waals surface area contributed by atoms with Gasteiger partial charge >= 0.3 is 0 Å². The molecule has 0 bridgehead atoms. The highest BCUT2D eigenvalue weighted by Gasteiger charge is 2.35. The van der Waals surface area contributed by atoms with Crippen molar-refractivity contribution in [3.8, 4) is 0 Å². The van der Waals surface area contributed by atoms with E-state index in [0.717, 1.165) is 4.47 Å². The van der Waals surface area contributed by atoms with Gasteiger partial charge in [-0.25, -0.2) is 8.42 Å². The molecular formula is C11H14N2O5S. The Morgan fingerprint density at radius 2 is 1.95 bits per heavy atom. The van der Waals surface area contributed by atoms with Crippen LogP contribution in [-0.2, 0) is 14.9 Å². The quantitative estimate of drug-likeness (QED) is 0.621. The van der Waals surface area contributed by atoms with Crippen LogP contribution in [0.15, 0.2) is 17.0 Å². The second-order valence-electron chi connectivity index (χ2n) is 4.38. The molecule has 1 aromatic rings. The lowest BCUT2D eigenvalue weighted by atomic mass is 10.1. The Kier molecular flexibility index (Phi) is 3.57. The summed E-state index contributed by atoms with van der Waals surface area (Å²) in [5, 5.41) is 11.0. The van der Waals surface area contributed by atoms with E-state index in [1.165, 1.54) is 12.1 Å². The zero-order chi connectivity index (χ0) is 14.2. The molecule has 1 heterocycles. The van der Waals surface area contributed by atoms with Gasteiger partial charge in [-0.15, -0.1) is 0 Å². The van der Waals surface area contributed by atoms with Crippen molar-refractivity contribution < 1.29 is 18.2 Å². The number of benzene rings is 1. The van der Waals surface area contributed by atoms with Gasteiger partial charge in [-0.05, 0) is 37.5 Å². The van der Waals surface area contributed by atoms with Crippen molar-refractivity contribution >= 4 is 15.7 Å². The zero-order valence-electron chi connectivity index (χ0n) is 10.6. The summed E-state index contributed by atoms with van der Waals surface area (Å²) in [6.07, 6.45) is 0.581. The summed E-state index contributed by atoms with van der Waals surface area (Å²) in [4.78, 5) is 15.0. The lowest BCUT2D eigenvalue weighted by molar-refractivity contribution is -0.388. The van der Waals surface area contributed by atoms with Crippen molar-refractivity contribution in [1.29, 1.82) is 0 Å². The molecule has 0 unspecified atom stereocenters. The molecule has 0 N–H and O–H groups in total. The third-order valence-corrected chi connectivity index (χ3v) is 4.75. The smallest absolute Gasteiger partial charge is 0.284 e. The summed E-state index contributed by atoms with van der Waals surface area (Å²) in [5.41, 5.74) is 0.940. The molecule has 2 rings (SSSR count). The van der Waals surface area contributed by atoms with E-state index >= 15 is 0 Å². The molecule has 19 heavy (non-hydrogen) atoms. The van der Waals surface area contributed by atoms with E-state index in [9.17, 15) is 18.5 Å². The highest BCUT2D eigenvalue weighted by molar-refractivity contribution is 7.89. The van der Waals surface area contributed by atoms with Gasteiger partial charge in [0.2, 0.25) is 0 Å². The van der Waals surface area contributed by atoms with Crippen LogP contribution < -0.4 is 0 Å². The van der Waals surface area contributed by atoms with Crippen LogP contribution in [0.2, 0.25) is 0 Å². The van der Waals surface area contributed by atoms with Crippen LogP contribution in [0.1, 0.15) is 17.5 Å². The number of nitrogens with zero attached hydrogens (tertiary/aromatic N) is 2. The van der Waals surface area contributed by atoms with Crippen LogP contribution in [0.4, 0.5) is 5.69 Å². The van der Waals surface area contributed by atoms with Crippen LogP contribution in [-0.4, -0.2) is 31.0 Å². The fourth-order valence-electron chi connectivity index (χ4n) is 1.85. The third-order valence-electron chi connectivity index (χ3n) is 3.04. The van der Waals surface area contributed by atoms with Gasteiger partial charge in [0, 0.05) is 12.6 Å². The molecule has 104 valence electrons. The number of aryl methyl sites for hydroxylation is 2. The topological polar surface area (TPSA) is 89.8 Å². The molecule has 0 radical (unpaired) electrons. The molecule has 0 saturated carbocycles. The molecule has 0 spiro atoms. The Bertz CT molecular complexity index is 620. The van der Waals surface area contributed by atoms with Gasteiger partial charge < -0.3 is 0 Å². The van der Waals surface area contributed by atoms with Gasteiger partial charge in [0.25, 0.3) is 15.7 Å². The molecule has 1 aromatic carbocycles. The second kappa shape index (κ2) is 4.87. The van der Waals surface area contributed by atoms with Gasteiger partial charge in [-0.3, -0.25) is 15.0 Å². The lowest BCUT2D eigenvalue weighted by Gasteiger charge is -2.15. The minimum absolute atomic E-state index is 0.215. The van der Waals surface area contributed by atoms with Gasteiger partial charge in [0.05, 0.1) is 11.5 Å². The Labute approximate surface area is 110 Å². The molecule has 0 atom stereocenters. The Balaban J connectivity index is 2.60. The maximum atomic E-state index is 12.3. The molecular weight excluding hydrogens is 272 g/mol. The molecule has 1 aliphatic heterocycles. The summed E-state index contributed by atoms with van der Waals surface area (Å²) in [5.74, 6) is 0. The molecule has 8 heteroatoms. The molecule has 1 fully saturated rings. The largest absolute Gasteiger partial charge is 0.289 e. The molecule has 0 amide bonds. The van der Waals surface area contributed by atoms with Crippen molar-refractivity contribution in [1.82, 2.24) is 4.47 Å². The van der Waals surface area contributed by atoms with Crippen molar-refractivity contribution in [2.75, 3.05) is 13.2 Å². The summed E-state index contributed by atoms with van der Waals surface area (Å²) >= 11 is 0. The number of rotatable bonds is 3. The van der Waals surface area contributed by atoms with Crippen LogP contribution in [0.5, 0.6) is 0 Å². The molecule has 0 aromatic heterocycles. The van der Waals surface area contributed by atoms with Gasteiger partial charge in [-0.1, -0.05) is 4.47 Å². The van der Waals surface area contributed by atoms with Gasteiger partial charge in [0.15, 0.2) is 4.90 Å². The van der Waals surface area contributed by atoms with E-state index in [4.69, 9.17) is 4.84 Å². The first-order chi connectivity index (χ1) is 8.84. The summed E-state index contributed by atoms with van der Waals surface area (Å²) in [6.45, 7) is 3.93. The fraction of sp³-hybridized carbons (Fsp3) is 0.455. The maximum absolute atomic E-state index is 12.3. The van der Waals surface area contributed by atoms with E-state index < -0.39 is 20.6 Å². The van der Waals surface area contributed by atoms with E-state index in [2.05, 4.69) is 0 Å². The number of hydrogen-bond donors (Lipinski definition) is 0. The van der Waals surface area contributed by atoms with Crippen molar-refractivity contribution in [3.05, 3.63) is 33.4 Å². The monoisotopic (exact) mass is 286 g/mol. The number of nitro benzene ring substituents is 1. The number of hydroxylamine groups is 1. The van der Waals surface area contributed by atoms with Crippen molar-refractivity contribution in [2.45, 2.75) is 25.2 Å². The number of hydrogen-bond acceptors (Lipinski definition) is 5. The van der Waals surface area contributed by atoms with E-state index in [1.807, 2.05) is 0 Å². The Hall–Kier alpha value is -1.51. The summed E-state index contributed by atoms with van der Waals surface area (Å²) < 4.78 is 25.5. The average molecular weight is 286 g/mol. The number of nitro groups is 1. The SMILES string of the molecule is Cc1cc([N+](=O)[O-])c(S(=O)(=O)N2CCCO2)cc1C. The van der Waals surface area contributed by atoms with Crippen LogP contribution in [0.25, 0.3) is 0 Å². The summed E-state index contributed by atoms with van der Waals surface area (Å²) in [7, 11) is -3.98. The van der Waals surface area contributed by atoms with Crippen LogP contribution in [0.3, 0.4) is 0 Å². The fourth-order valence-corrected chi connectivity index (χ4v) is 3.37. The van der Waals surface area contributed by atoms with E-state index in [0.29, 0.717) is 24.2 Å². The minimum atomic E-state index is -3.98. The Morgan fingerprint density at radius 3 is 2.47 bits per heavy atom. The molecule has 1 saturated heterocycles. The second-order valence-corrected chi connectivity index (χ2v) is 6.18. The minimum Gasteiger partial charge on any atom is -0.284 e. The first-order valence-corrected chi connectivity index (χ1v) is 7.19.